The fraction of sp³-hybridized carbons (Fsp3) is 0.765. The summed E-state index contributed by atoms with van der Waals surface area (Å²) in [6.45, 7) is 6.89. The van der Waals surface area contributed by atoms with Gasteiger partial charge in [0.05, 0.1) is 0 Å². The molecule has 1 aliphatic heterocycles. The van der Waals surface area contributed by atoms with Crippen molar-refractivity contribution in [1.82, 2.24) is 15.1 Å². The Balaban J connectivity index is 1.50. The topological polar surface area (TPSA) is 18.5 Å². The highest BCUT2D eigenvalue weighted by Gasteiger charge is 2.23. The maximum Gasteiger partial charge on any atom is 0.0302 e. The van der Waals surface area contributed by atoms with Crippen LogP contribution < -0.4 is 5.32 Å². The number of rotatable bonds is 7. The van der Waals surface area contributed by atoms with Crippen LogP contribution in [0.3, 0.4) is 0 Å². The monoisotopic (exact) mass is 307 g/mol. The van der Waals surface area contributed by atoms with Crippen molar-refractivity contribution in [1.29, 1.82) is 0 Å². The number of thiophene rings is 1. The molecule has 21 heavy (non-hydrogen) atoms. The zero-order chi connectivity index (χ0) is 14.8. The van der Waals surface area contributed by atoms with E-state index in [9.17, 15) is 0 Å². The summed E-state index contributed by atoms with van der Waals surface area (Å²) >= 11 is 1.97. The predicted octanol–water partition coefficient (Wildman–Crippen LogP) is 2.83. The van der Waals surface area contributed by atoms with Crippen LogP contribution in [-0.4, -0.2) is 49.1 Å². The summed E-state index contributed by atoms with van der Waals surface area (Å²) in [6.07, 6.45) is 5.47. The minimum Gasteiger partial charge on any atom is -0.309 e. The van der Waals surface area contributed by atoms with Crippen molar-refractivity contribution in [2.75, 3.05) is 27.2 Å². The zero-order valence-electron chi connectivity index (χ0n) is 13.7. The third-order valence-electron chi connectivity index (χ3n) is 4.85. The van der Waals surface area contributed by atoms with Crippen LogP contribution in [0.1, 0.15) is 41.0 Å². The Morgan fingerprint density at radius 1 is 1.38 bits per heavy atom. The molecule has 1 aliphatic carbocycles. The summed E-state index contributed by atoms with van der Waals surface area (Å²) in [7, 11) is 4.54. The van der Waals surface area contributed by atoms with Gasteiger partial charge >= 0.3 is 0 Å². The van der Waals surface area contributed by atoms with Crippen LogP contribution in [0, 0.1) is 6.92 Å². The number of aryl methyl sites for hydroxylation is 1. The number of hydrogen-bond donors (Lipinski definition) is 1. The Kier molecular flexibility index (Phi) is 4.99. The van der Waals surface area contributed by atoms with Gasteiger partial charge in [-0.15, -0.1) is 11.3 Å². The van der Waals surface area contributed by atoms with Gasteiger partial charge in [0.2, 0.25) is 0 Å². The van der Waals surface area contributed by atoms with Gasteiger partial charge in [-0.05, 0) is 64.9 Å². The van der Waals surface area contributed by atoms with Crippen LogP contribution in [0.25, 0.3) is 0 Å². The van der Waals surface area contributed by atoms with Gasteiger partial charge in [0.1, 0.15) is 0 Å². The van der Waals surface area contributed by atoms with E-state index in [1.165, 1.54) is 54.1 Å². The van der Waals surface area contributed by atoms with Crippen molar-refractivity contribution in [2.24, 2.45) is 0 Å². The molecule has 3 nitrogen and oxygen atoms in total. The molecular formula is C17H29N3S. The van der Waals surface area contributed by atoms with Crippen LogP contribution in [0.4, 0.5) is 0 Å². The fourth-order valence-corrected chi connectivity index (χ4v) is 4.29. The van der Waals surface area contributed by atoms with E-state index in [0.29, 0.717) is 0 Å². The molecule has 2 aliphatic rings. The largest absolute Gasteiger partial charge is 0.309 e. The number of hydrogen-bond acceptors (Lipinski definition) is 4. The van der Waals surface area contributed by atoms with Crippen molar-refractivity contribution in [3.05, 3.63) is 21.4 Å². The van der Waals surface area contributed by atoms with Gasteiger partial charge in [0.25, 0.3) is 0 Å². The predicted molar refractivity (Wildman–Crippen MR) is 90.9 cm³/mol. The first-order valence-corrected chi connectivity index (χ1v) is 9.14. The highest BCUT2D eigenvalue weighted by atomic mass is 32.1. The Bertz CT molecular complexity index is 467. The highest BCUT2D eigenvalue weighted by molar-refractivity contribution is 7.12. The highest BCUT2D eigenvalue weighted by Crippen LogP contribution is 2.25. The second-order valence-electron chi connectivity index (χ2n) is 6.92. The molecule has 118 valence electrons. The fourth-order valence-electron chi connectivity index (χ4n) is 3.29. The van der Waals surface area contributed by atoms with Crippen molar-refractivity contribution >= 4 is 11.3 Å². The van der Waals surface area contributed by atoms with Gasteiger partial charge in [-0.1, -0.05) is 0 Å². The third-order valence-corrected chi connectivity index (χ3v) is 5.94. The number of nitrogens with zero attached hydrogens (tertiary/aromatic N) is 2. The normalized spacial score (nSPS) is 23.3. The number of likely N-dealkylation sites (N-methyl/N-ethyl adjacent to an activating group) is 2. The van der Waals surface area contributed by atoms with E-state index >= 15 is 0 Å². The Labute approximate surface area is 133 Å². The Morgan fingerprint density at radius 2 is 2.19 bits per heavy atom. The summed E-state index contributed by atoms with van der Waals surface area (Å²) in [5.41, 5.74) is 1.52. The molecule has 1 aromatic rings. The summed E-state index contributed by atoms with van der Waals surface area (Å²) in [5.74, 6) is 0. The lowest BCUT2D eigenvalue weighted by atomic mass is 10.2. The first-order chi connectivity index (χ1) is 10.1. The van der Waals surface area contributed by atoms with E-state index in [1.807, 2.05) is 11.3 Å². The lowest BCUT2D eigenvalue weighted by molar-refractivity contribution is 0.215. The second-order valence-corrected chi connectivity index (χ2v) is 8.26. The summed E-state index contributed by atoms with van der Waals surface area (Å²) < 4.78 is 0. The van der Waals surface area contributed by atoms with Crippen LogP contribution in [-0.2, 0) is 13.1 Å². The lowest BCUT2D eigenvalue weighted by Gasteiger charge is -2.25. The van der Waals surface area contributed by atoms with E-state index in [4.69, 9.17) is 0 Å². The average Bonchev–Trinajstić information content (AvgIpc) is 3.10. The Morgan fingerprint density at radius 3 is 2.86 bits per heavy atom. The average molecular weight is 308 g/mol. The van der Waals surface area contributed by atoms with E-state index in [0.717, 1.165) is 25.2 Å². The molecule has 1 N–H and O–H groups in total. The molecular weight excluding hydrogens is 278 g/mol. The van der Waals surface area contributed by atoms with Crippen molar-refractivity contribution in [3.63, 3.8) is 0 Å². The molecule has 0 aromatic carbocycles. The smallest absolute Gasteiger partial charge is 0.0302 e. The molecule has 4 heteroatoms. The maximum atomic E-state index is 3.62. The van der Waals surface area contributed by atoms with E-state index in [2.05, 4.69) is 42.2 Å². The van der Waals surface area contributed by atoms with E-state index < -0.39 is 0 Å². The van der Waals surface area contributed by atoms with Crippen LogP contribution in [0.5, 0.6) is 0 Å². The molecule has 0 bridgehead atoms. The number of nitrogens with one attached hydrogen (secondary N) is 1. The molecule has 1 saturated heterocycles. The zero-order valence-corrected chi connectivity index (χ0v) is 14.5. The van der Waals surface area contributed by atoms with Gasteiger partial charge in [0, 0.05) is 41.5 Å². The molecule has 1 saturated carbocycles. The molecule has 1 unspecified atom stereocenters. The molecule has 1 atom stereocenters. The standard InChI is InChI=1S/C17H29N3S/c1-13-14(9-17(21-13)10-18-15-6-7-15)11-19(2)12-16-5-4-8-20(16)3/h9,15-16,18H,4-8,10-12H2,1-3H3. The molecule has 2 fully saturated rings. The minimum atomic E-state index is 0.755. The van der Waals surface area contributed by atoms with Crippen molar-refractivity contribution in [2.45, 2.75) is 57.8 Å². The maximum absolute atomic E-state index is 3.62. The van der Waals surface area contributed by atoms with Crippen LogP contribution in [0.2, 0.25) is 0 Å². The summed E-state index contributed by atoms with van der Waals surface area (Å²) in [5, 5.41) is 3.62. The van der Waals surface area contributed by atoms with Gasteiger partial charge in [-0.3, -0.25) is 0 Å². The van der Waals surface area contributed by atoms with Gasteiger partial charge < -0.3 is 15.1 Å². The molecule has 2 heterocycles. The van der Waals surface area contributed by atoms with Crippen molar-refractivity contribution < 1.29 is 0 Å². The van der Waals surface area contributed by atoms with Crippen LogP contribution >= 0.6 is 11.3 Å². The van der Waals surface area contributed by atoms with Gasteiger partial charge in [-0.25, -0.2) is 0 Å². The first-order valence-electron chi connectivity index (χ1n) is 8.32. The molecule has 0 amide bonds. The molecule has 0 radical (unpaired) electrons. The summed E-state index contributed by atoms with van der Waals surface area (Å²) in [4.78, 5) is 8.01. The van der Waals surface area contributed by atoms with E-state index in [-0.39, 0.29) is 0 Å². The van der Waals surface area contributed by atoms with E-state index in [1.54, 1.807) is 0 Å². The Hall–Kier alpha value is -0.420. The minimum absolute atomic E-state index is 0.755. The molecule has 3 rings (SSSR count). The molecule has 1 aromatic heterocycles. The molecule has 0 spiro atoms. The quantitative estimate of drug-likeness (QED) is 0.836. The number of likely N-dealkylation sites (tertiary alicyclic amines) is 1. The lowest BCUT2D eigenvalue weighted by Crippen LogP contribution is -2.36. The SMILES string of the molecule is Cc1sc(CNC2CC2)cc1CN(C)CC1CCCN1C. The second kappa shape index (κ2) is 6.78. The third kappa shape index (κ3) is 4.28. The van der Waals surface area contributed by atoms with Crippen molar-refractivity contribution in [3.8, 4) is 0 Å². The van der Waals surface area contributed by atoms with Gasteiger partial charge in [-0.2, -0.15) is 0 Å². The summed E-state index contributed by atoms with van der Waals surface area (Å²) in [6, 6.07) is 3.98. The van der Waals surface area contributed by atoms with Gasteiger partial charge in [0.15, 0.2) is 0 Å². The van der Waals surface area contributed by atoms with Crippen LogP contribution in [0.15, 0.2) is 6.07 Å². The first kappa shape index (κ1) is 15.5.